The normalized spacial score (nSPS) is 15.8. The molecule has 1 aromatic heterocycles. The summed E-state index contributed by atoms with van der Waals surface area (Å²) < 4.78 is 29.5. The van der Waals surface area contributed by atoms with Crippen molar-refractivity contribution in [2.75, 3.05) is 44.5 Å². The second kappa shape index (κ2) is 10.8. The predicted molar refractivity (Wildman–Crippen MR) is 140 cm³/mol. The van der Waals surface area contributed by atoms with Gasteiger partial charge in [0.2, 0.25) is 0 Å². The lowest BCUT2D eigenvalue weighted by atomic mass is 9.99. The summed E-state index contributed by atoms with van der Waals surface area (Å²) in [5, 5.41) is 0.824. The lowest BCUT2D eigenvalue weighted by molar-refractivity contribution is 0.153. The number of anilines is 1. The van der Waals surface area contributed by atoms with Gasteiger partial charge in [0.05, 0.1) is 16.1 Å². The van der Waals surface area contributed by atoms with Gasteiger partial charge in [0.1, 0.15) is 0 Å². The number of piperazine rings is 1. The Kier molecular flexibility index (Phi) is 7.86. The average molecular weight is 481 g/mol. The third kappa shape index (κ3) is 6.14. The number of pyridine rings is 1. The molecule has 0 bridgehead atoms. The molecule has 7 heteroatoms. The van der Waals surface area contributed by atoms with Crippen LogP contribution in [0.3, 0.4) is 0 Å². The van der Waals surface area contributed by atoms with Crippen molar-refractivity contribution in [3.05, 3.63) is 65.9 Å². The lowest BCUT2D eigenvalue weighted by Crippen LogP contribution is -2.44. The van der Waals surface area contributed by atoms with Crippen LogP contribution in [0.1, 0.15) is 31.4 Å². The highest BCUT2D eigenvalue weighted by molar-refractivity contribution is 7.92. The number of fused-ring (bicyclic) bond motifs is 1. The molecule has 0 radical (unpaired) electrons. The molecular formula is C27H36N4O2S. The molecular weight excluding hydrogens is 444 g/mol. The Hall–Kier alpha value is -2.48. The number of likely N-dealkylation sites (N-methyl/N-ethyl adjacent to an activating group) is 1. The average Bonchev–Trinajstić information content (AvgIpc) is 2.82. The second-order valence-electron chi connectivity index (χ2n) is 9.77. The minimum atomic E-state index is -3.71. The zero-order valence-corrected chi connectivity index (χ0v) is 21.3. The molecule has 0 spiro atoms. The van der Waals surface area contributed by atoms with Crippen LogP contribution < -0.4 is 4.72 Å². The van der Waals surface area contributed by atoms with E-state index in [1.165, 1.54) is 5.56 Å². The van der Waals surface area contributed by atoms with Gasteiger partial charge in [-0.25, -0.2) is 8.42 Å². The molecule has 182 valence electrons. The molecule has 1 aliphatic heterocycles. The topological polar surface area (TPSA) is 65.5 Å². The smallest absolute Gasteiger partial charge is 0.261 e. The van der Waals surface area contributed by atoms with Crippen LogP contribution in [-0.2, 0) is 22.9 Å². The van der Waals surface area contributed by atoms with Crippen molar-refractivity contribution < 1.29 is 8.42 Å². The van der Waals surface area contributed by atoms with Crippen molar-refractivity contribution in [1.82, 2.24) is 14.8 Å². The second-order valence-corrected chi connectivity index (χ2v) is 11.4. The van der Waals surface area contributed by atoms with E-state index in [0.29, 0.717) is 11.6 Å². The van der Waals surface area contributed by atoms with Gasteiger partial charge in [-0.3, -0.25) is 9.71 Å². The van der Waals surface area contributed by atoms with E-state index in [9.17, 15) is 8.42 Å². The van der Waals surface area contributed by atoms with Gasteiger partial charge >= 0.3 is 0 Å². The number of rotatable bonds is 9. The zero-order valence-electron chi connectivity index (χ0n) is 20.5. The SMILES string of the molecule is CC(C)Cc1ccc2ncccc2c1NS(=O)(=O)c1ccc(CCCN2CCN(C)CC2)cc1. The van der Waals surface area contributed by atoms with Crippen LogP contribution in [0, 0.1) is 5.92 Å². The summed E-state index contributed by atoms with van der Waals surface area (Å²) in [6, 6.07) is 15.0. The maximum absolute atomic E-state index is 13.3. The van der Waals surface area contributed by atoms with E-state index in [4.69, 9.17) is 0 Å². The maximum atomic E-state index is 13.3. The van der Waals surface area contributed by atoms with Crippen molar-refractivity contribution in [1.29, 1.82) is 0 Å². The Morgan fingerprint density at radius 1 is 1.00 bits per heavy atom. The molecule has 2 aromatic carbocycles. The summed E-state index contributed by atoms with van der Waals surface area (Å²) in [5.41, 5.74) is 3.57. The monoisotopic (exact) mass is 480 g/mol. The van der Waals surface area contributed by atoms with Crippen LogP contribution in [0.2, 0.25) is 0 Å². The highest BCUT2D eigenvalue weighted by atomic mass is 32.2. The van der Waals surface area contributed by atoms with Crippen molar-refractivity contribution in [3.63, 3.8) is 0 Å². The number of aryl methyl sites for hydroxylation is 1. The number of nitrogens with one attached hydrogen (secondary N) is 1. The lowest BCUT2D eigenvalue weighted by Gasteiger charge is -2.32. The quantitative estimate of drug-likeness (QED) is 0.491. The molecule has 0 saturated carbocycles. The van der Waals surface area contributed by atoms with Crippen LogP contribution in [0.25, 0.3) is 10.9 Å². The largest absolute Gasteiger partial charge is 0.304 e. The van der Waals surface area contributed by atoms with E-state index < -0.39 is 10.0 Å². The zero-order chi connectivity index (χ0) is 24.1. The summed E-state index contributed by atoms with van der Waals surface area (Å²) in [7, 11) is -1.54. The number of benzene rings is 2. The van der Waals surface area contributed by atoms with Crippen LogP contribution in [0.4, 0.5) is 5.69 Å². The molecule has 3 aromatic rings. The van der Waals surface area contributed by atoms with Gasteiger partial charge in [-0.2, -0.15) is 0 Å². The molecule has 1 saturated heterocycles. The first-order valence-corrected chi connectivity index (χ1v) is 13.7. The fourth-order valence-corrected chi connectivity index (χ4v) is 5.66. The van der Waals surface area contributed by atoms with E-state index in [2.05, 4.69) is 40.4 Å². The Balaban J connectivity index is 1.46. The third-order valence-corrected chi connectivity index (χ3v) is 7.87. The van der Waals surface area contributed by atoms with E-state index >= 15 is 0 Å². The van der Waals surface area contributed by atoms with Gasteiger partial charge in [-0.15, -0.1) is 0 Å². The Labute approximate surface area is 204 Å². The van der Waals surface area contributed by atoms with Crippen LogP contribution >= 0.6 is 0 Å². The molecule has 2 heterocycles. The maximum Gasteiger partial charge on any atom is 0.261 e. The van der Waals surface area contributed by atoms with Crippen LogP contribution in [0.5, 0.6) is 0 Å². The summed E-state index contributed by atoms with van der Waals surface area (Å²) >= 11 is 0. The van der Waals surface area contributed by atoms with Crippen LogP contribution in [-0.4, -0.2) is 63.0 Å². The number of hydrogen-bond donors (Lipinski definition) is 1. The molecule has 1 fully saturated rings. The number of aromatic nitrogens is 1. The highest BCUT2D eigenvalue weighted by Gasteiger charge is 2.19. The molecule has 0 atom stereocenters. The van der Waals surface area contributed by atoms with Crippen molar-refractivity contribution in [2.24, 2.45) is 5.92 Å². The van der Waals surface area contributed by atoms with Gasteiger partial charge in [-0.05, 0) is 80.2 Å². The van der Waals surface area contributed by atoms with Crippen LogP contribution in [0.15, 0.2) is 59.6 Å². The first kappa shape index (κ1) is 24.6. The fourth-order valence-electron chi connectivity index (χ4n) is 4.53. The molecule has 0 amide bonds. The summed E-state index contributed by atoms with van der Waals surface area (Å²) in [4.78, 5) is 9.56. The number of hydrogen-bond acceptors (Lipinski definition) is 5. The van der Waals surface area contributed by atoms with E-state index in [1.807, 2.05) is 36.4 Å². The summed E-state index contributed by atoms with van der Waals surface area (Å²) in [6.07, 6.45) is 4.55. The molecule has 1 N–H and O–H groups in total. The van der Waals surface area contributed by atoms with Gasteiger partial charge in [0.25, 0.3) is 10.0 Å². The molecule has 34 heavy (non-hydrogen) atoms. The first-order chi connectivity index (χ1) is 16.3. The van der Waals surface area contributed by atoms with Gasteiger partial charge < -0.3 is 9.80 Å². The number of nitrogens with zero attached hydrogens (tertiary/aromatic N) is 3. The van der Waals surface area contributed by atoms with Gasteiger partial charge in [-0.1, -0.05) is 32.0 Å². The Morgan fingerprint density at radius 2 is 1.74 bits per heavy atom. The minimum absolute atomic E-state index is 0.284. The van der Waals surface area contributed by atoms with Gasteiger partial charge in [0, 0.05) is 37.8 Å². The first-order valence-electron chi connectivity index (χ1n) is 12.2. The third-order valence-electron chi connectivity index (χ3n) is 6.51. The predicted octanol–water partition coefficient (Wildman–Crippen LogP) is 4.41. The van der Waals surface area contributed by atoms with E-state index in [0.717, 1.165) is 68.5 Å². The molecule has 6 nitrogen and oxygen atoms in total. The van der Waals surface area contributed by atoms with Gasteiger partial charge in [0.15, 0.2) is 0 Å². The summed E-state index contributed by atoms with van der Waals surface area (Å²) in [6.45, 7) is 9.87. The Morgan fingerprint density at radius 3 is 2.44 bits per heavy atom. The molecule has 0 unspecified atom stereocenters. The molecule has 1 aliphatic rings. The number of sulfonamides is 1. The van der Waals surface area contributed by atoms with Crippen molar-refractivity contribution in [3.8, 4) is 0 Å². The highest BCUT2D eigenvalue weighted by Crippen LogP contribution is 2.30. The van der Waals surface area contributed by atoms with E-state index in [1.54, 1.807) is 18.3 Å². The molecule has 0 aliphatic carbocycles. The summed E-state index contributed by atoms with van der Waals surface area (Å²) in [5.74, 6) is 0.405. The van der Waals surface area contributed by atoms with Crippen molar-refractivity contribution >= 4 is 26.6 Å². The Bertz CT molecular complexity index is 1200. The fraction of sp³-hybridized carbons (Fsp3) is 0.444. The minimum Gasteiger partial charge on any atom is -0.304 e. The van der Waals surface area contributed by atoms with E-state index in [-0.39, 0.29) is 4.90 Å². The standard InChI is InChI=1S/C27H36N4O2S/c1-21(2)20-23-10-13-26-25(7-4-14-28-26)27(23)29-34(32,33)24-11-8-22(9-12-24)6-5-15-31-18-16-30(3)17-19-31/h4,7-14,21,29H,5-6,15-20H2,1-3H3. The molecule has 4 rings (SSSR count). The van der Waals surface area contributed by atoms with Crippen molar-refractivity contribution in [2.45, 2.75) is 38.0 Å².